The molecule has 0 saturated heterocycles. The van der Waals surface area contributed by atoms with Gasteiger partial charge in [0.1, 0.15) is 0 Å². The van der Waals surface area contributed by atoms with Crippen LogP contribution in [0.1, 0.15) is 22.3 Å². The highest BCUT2D eigenvalue weighted by molar-refractivity contribution is 7.29. The summed E-state index contributed by atoms with van der Waals surface area (Å²) in [5.41, 5.74) is 2.93. The summed E-state index contributed by atoms with van der Waals surface area (Å²) < 4.78 is 20.1. The highest BCUT2D eigenvalue weighted by Crippen LogP contribution is 2.50. The molecule has 0 atom stereocenters. The molecule has 0 radical (unpaired) electrons. The van der Waals surface area contributed by atoms with Crippen molar-refractivity contribution < 1.29 is 38.1 Å². The second kappa shape index (κ2) is 14.6. The van der Waals surface area contributed by atoms with Gasteiger partial charge < -0.3 is 18.9 Å². The van der Waals surface area contributed by atoms with Crippen molar-refractivity contribution in [1.82, 2.24) is 0 Å². The summed E-state index contributed by atoms with van der Waals surface area (Å²) in [5, 5.41) is 3.94. The van der Waals surface area contributed by atoms with E-state index in [0.717, 1.165) is 61.3 Å². The van der Waals surface area contributed by atoms with Crippen molar-refractivity contribution in [3.8, 4) is 39.0 Å². The van der Waals surface area contributed by atoms with Crippen LogP contribution in [-0.4, -0.2) is 52.3 Å². The number of thiophene rings is 5. The molecule has 0 aromatic carbocycles. The van der Waals surface area contributed by atoms with Crippen LogP contribution < -0.4 is 0 Å². The predicted octanol–water partition coefficient (Wildman–Crippen LogP) is 7.52. The predicted molar refractivity (Wildman–Crippen MR) is 180 cm³/mol. The first kappa shape index (κ1) is 32.8. The summed E-state index contributed by atoms with van der Waals surface area (Å²) in [6, 6.07) is 11.8. The Labute approximate surface area is 279 Å². The SMILES string of the molecule is COC(=O)Cc1c(-c2cccs2)sc(-c2ccc(-c3sc(-c4cccs4)c(CC(=O)OC)c3CC(=O)OC)s2)c1CC(=O)OC. The molecule has 0 bridgehead atoms. The molecule has 0 aliphatic rings. The maximum Gasteiger partial charge on any atom is 0.310 e. The summed E-state index contributed by atoms with van der Waals surface area (Å²) in [5.74, 6) is -1.64. The van der Waals surface area contributed by atoms with Gasteiger partial charge in [0.05, 0.1) is 54.1 Å². The number of carbonyl (C=O) groups excluding carboxylic acids is 4. The molecule has 0 saturated carbocycles. The molecule has 0 aliphatic carbocycles. The third-order valence-electron chi connectivity index (χ3n) is 6.97. The first-order valence-corrected chi connectivity index (χ1v) is 17.7. The minimum atomic E-state index is -0.415. The Balaban J connectivity index is 1.69. The van der Waals surface area contributed by atoms with Crippen molar-refractivity contribution in [2.75, 3.05) is 28.4 Å². The standard InChI is InChI=1S/C32H28O8S5/c1-37-25(33)13-17-19(15-27(35)39-3)31(44-29(17)21-7-5-11-41-21)23-9-10-24(43-23)32-20(16-28(36)40-4)18(14-26(34)38-2)30(45-32)22-8-6-12-42-22/h5-12H,13-16H2,1-4H3. The van der Waals surface area contributed by atoms with Crippen molar-refractivity contribution in [3.05, 3.63) is 69.4 Å². The van der Waals surface area contributed by atoms with Gasteiger partial charge in [-0.2, -0.15) is 0 Å². The number of esters is 4. The number of hydrogen-bond acceptors (Lipinski definition) is 13. The maximum absolute atomic E-state index is 12.6. The van der Waals surface area contributed by atoms with Crippen LogP contribution in [0.15, 0.2) is 47.2 Å². The minimum Gasteiger partial charge on any atom is -0.469 e. The van der Waals surface area contributed by atoms with Crippen LogP contribution in [0.4, 0.5) is 0 Å². The van der Waals surface area contributed by atoms with Gasteiger partial charge in [0.2, 0.25) is 0 Å². The van der Waals surface area contributed by atoms with E-state index in [0.29, 0.717) is 0 Å². The molecular formula is C32H28O8S5. The van der Waals surface area contributed by atoms with Crippen molar-refractivity contribution in [2.24, 2.45) is 0 Å². The fourth-order valence-corrected chi connectivity index (χ4v) is 10.5. The first-order chi connectivity index (χ1) is 21.8. The fraction of sp³-hybridized carbons (Fsp3) is 0.250. The van der Waals surface area contributed by atoms with E-state index in [4.69, 9.17) is 18.9 Å². The smallest absolute Gasteiger partial charge is 0.310 e. The second-order valence-corrected chi connectivity index (χ2v) is 14.6. The maximum atomic E-state index is 12.6. The number of carbonyl (C=O) groups is 4. The zero-order valence-corrected chi connectivity index (χ0v) is 28.8. The normalized spacial score (nSPS) is 10.9. The molecule has 5 heterocycles. The Morgan fingerprint density at radius 1 is 0.467 bits per heavy atom. The van der Waals surface area contributed by atoms with Gasteiger partial charge in [-0.25, -0.2) is 0 Å². The van der Waals surface area contributed by atoms with E-state index in [9.17, 15) is 19.2 Å². The highest BCUT2D eigenvalue weighted by atomic mass is 32.1. The third kappa shape index (κ3) is 7.12. The van der Waals surface area contributed by atoms with Crippen molar-refractivity contribution in [3.63, 3.8) is 0 Å². The Hall–Kier alpha value is -3.62. The number of ether oxygens (including phenoxy) is 4. The summed E-state index contributed by atoms with van der Waals surface area (Å²) >= 11 is 7.67. The molecule has 0 unspecified atom stereocenters. The monoisotopic (exact) mass is 700 g/mol. The summed E-state index contributed by atoms with van der Waals surface area (Å²) in [6.45, 7) is 0. The van der Waals surface area contributed by atoms with Gasteiger partial charge in [-0.3, -0.25) is 19.2 Å². The van der Waals surface area contributed by atoms with Crippen LogP contribution in [0.3, 0.4) is 0 Å². The van der Waals surface area contributed by atoms with E-state index in [1.54, 1.807) is 22.7 Å². The lowest BCUT2D eigenvalue weighted by atomic mass is 10.0. The fourth-order valence-electron chi connectivity index (χ4n) is 4.81. The van der Waals surface area contributed by atoms with Gasteiger partial charge in [-0.05, 0) is 57.3 Å². The number of rotatable bonds is 12. The van der Waals surface area contributed by atoms with Crippen LogP contribution in [-0.2, 0) is 63.8 Å². The molecule has 0 N–H and O–H groups in total. The molecule has 45 heavy (non-hydrogen) atoms. The molecule has 5 rings (SSSR count). The molecule has 13 heteroatoms. The summed E-state index contributed by atoms with van der Waals surface area (Å²) in [6.07, 6.45) is 0.0114. The van der Waals surface area contributed by atoms with Crippen LogP contribution in [0.2, 0.25) is 0 Å². The Kier molecular flexibility index (Phi) is 10.7. The third-order valence-corrected chi connectivity index (χ3v) is 13.1. The van der Waals surface area contributed by atoms with E-state index in [-0.39, 0.29) is 25.7 Å². The molecular weight excluding hydrogens is 673 g/mol. The quantitative estimate of drug-likeness (QED) is 0.0973. The highest BCUT2D eigenvalue weighted by Gasteiger charge is 2.28. The average Bonchev–Trinajstić information content (AvgIpc) is 3.88. The van der Waals surface area contributed by atoms with Gasteiger partial charge in [-0.15, -0.1) is 56.7 Å². The van der Waals surface area contributed by atoms with E-state index in [1.807, 2.05) is 47.2 Å². The first-order valence-electron chi connectivity index (χ1n) is 13.5. The van der Waals surface area contributed by atoms with Crippen LogP contribution in [0.5, 0.6) is 0 Å². The Bertz CT molecular complexity index is 1690. The topological polar surface area (TPSA) is 105 Å². The lowest BCUT2D eigenvalue weighted by Crippen LogP contribution is -2.10. The van der Waals surface area contributed by atoms with Gasteiger partial charge >= 0.3 is 23.9 Å². The number of hydrogen-bond donors (Lipinski definition) is 0. The molecule has 0 aliphatic heterocycles. The summed E-state index contributed by atoms with van der Waals surface area (Å²) in [4.78, 5) is 57.6. The van der Waals surface area contributed by atoms with Gasteiger partial charge in [0, 0.05) is 39.0 Å². The second-order valence-electron chi connectivity index (χ2n) is 9.56. The largest absolute Gasteiger partial charge is 0.469 e. The zero-order valence-electron chi connectivity index (χ0n) is 24.8. The van der Waals surface area contributed by atoms with E-state index < -0.39 is 23.9 Å². The van der Waals surface area contributed by atoms with Crippen molar-refractivity contribution >= 4 is 80.6 Å². The van der Waals surface area contributed by atoms with Gasteiger partial charge in [0.25, 0.3) is 0 Å². The Morgan fingerprint density at radius 3 is 1.04 bits per heavy atom. The molecule has 5 aromatic rings. The van der Waals surface area contributed by atoms with Crippen molar-refractivity contribution in [2.45, 2.75) is 25.7 Å². The molecule has 0 amide bonds. The van der Waals surface area contributed by atoms with Gasteiger partial charge in [-0.1, -0.05) is 12.1 Å². The molecule has 234 valence electrons. The summed E-state index contributed by atoms with van der Waals surface area (Å²) in [7, 11) is 5.37. The Morgan fingerprint density at radius 2 is 0.778 bits per heavy atom. The lowest BCUT2D eigenvalue weighted by Gasteiger charge is -2.07. The molecule has 8 nitrogen and oxygen atoms in total. The molecule has 0 spiro atoms. The van der Waals surface area contributed by atoms with E-state index in [1.165, 1.54) is 62.4 Å². The van der Waals surface area contributed by atoms with Crippen LogP contribution in [0, 0.1) is 0 Å². The van der Waals surface area contributed by atoms with Gasteiger partial charge in [0.15, 0.2) is 0 Å². The molecule has 0 fully saturated rings. The van der Waals surface area contributed by atoms with E-state index in [2.05, 4.69) is 0 Å². The van der Waals surface area contributed by atoms with E-state index >= 15 is 0 Å². The molecule has 5 aromatic heterocycles. The zero-order chi connectivity index (χ0) is 32.1. The van der Waals surface area contributed by atoms with Crippen LogP contribution in [0.25, 0.3) is 39.0 Å². The van der Waals surface area contributed by atoms with Crippen LogP contribution >= 0.6 is 56.7 Å². The minimum absolute atomic E-state index is 0.00827. The van der Waals surface area contributed by atoms with Crippen molar-refractivity contribution in [1.29, 1.82) is 0 Å². The number of methoxy groups -OCH3 is 4. The lowest BCUT2D eigenvalue weighted by molar-refractivity contribution is -0.141. The average molecular weight is 701 g/mol.